The van der Waals surface area contributed by atoms with Crippen molar-refractivity contribution in [3.63, 3.8) is 0 Å². The first-order valence-corrected chi connectivity index (χ1v) is 6.93. The summed E-state index contributed by atoms with van der Waals surface area (Å²) in [6.07, 6.45) is 3.24. The first-order chi connectivity index (χ1) is 9.65. The highest BCUT2D eigenvalue weighted by atomic mass is 19.1. The highest BCUT2D eigenvalue weighted by molar-refractivity contribution is 5.55. The number of rotatable bonds is 5. The van der Waals surface area contributed by atoms with E-state index in [-0.39, 0.29) is 5.82 Å². The second kappa shape index (κ2) is 5.32. The standard InChI is InChI=1S/C15H18FN3O/c1-9-5-11(7-12(16)6-9)15-18-14(20-19-15)8-13(17-2)10-3-4-10/h5-7,10,13,17H,3-4,8H2,1-2H3. The molecule has 1 saturated carbocycles. The molecule has 3 rings (SSSR count). The Morgan fingerprint density at radius 1 is 1.40 bits per heavy atom. The van der Waals surface area contributed by atoms with Gasteiger partial charge < -0.3 is 9.84 Å². The third-order valence-corrected chi connectivity index (χ3v) is 3.72. The fraction of sp³-hybridized carbons (Fsp3) is 0.467. The molecule has 1 aromatic carbocycles. The third kappa shape index (κ3) is 2.88. The number of likely N-dealkylation sites (N-methyl/N-ethyl adjacent to an activating group) is 1. The van der Waals surface area contributed by atoms with Crippen LogP contribution in [-0.4, -0.2) is 23.2 Å². The fourth-order valence-electron chi connectivity index (χ4n) is 2.51. The predicted octanol–water partition coefficient (Wildman–Crippen LogP) is 2.72. The maximum atomic E-state index is 13.4. The Labute approximate surface area is 117 Å². The SMILES string of the molecule is CNC(Cc1nc(-c2cc(C)cc(F)c2)no1)C1CC1. The summed E-state index contributed by atoms with van der Waals surface area (Å²) < 4.78 is 18.7. The topological polar surface area (TPSA) is 51.0 Å². The molecule has 106 valence electrons. The van der Waals surface area contributed by atoms with E-state index in [4.69, 9.17) is 4.52 Å². The highest BCUT2D eigenvalue weighted by Crippen LogP contribution is 2.33. The van der Waals surface area contributed by atoms with Gasteiger partial charge in [0.2, 0.25) is 11.7 Å². The molecular formula is C15H18FN3O. The lowest BCUT2D eigenvalue weighted by Gasteiger charge is -2.11. The summed E-state index contributed by atoms with van der Waals surface area (Å²) in [7, 11) is 1.95. The van der Waals surface area contributed by atoms with E-state index in [1.165, 1.54) is 25.0 Å². The highest BCUT2D eigenvalue weighted by Gasteiger charge is 2.31. The van der Waals surface area contributed by atoms with Crippen molar-refractivity contribution in [3.05, 3.63) is 35.5 Å². The number of nitrogens with zero attached hydrogens (tertiary/aromatic N) is 2. The smallest absolute Gasteiger partial charge is 0.228 e. The molecule has 2 aromatic rings. The molecule has 5 heteroatoms. The maximum Gasteiger partial charge on any atom is 0.228 e. The summed E-state index contributed by atoms with van der Waals surface area (Å²) in [5, 5.41) is 7.25. The Balaban J connectivity index is 1.78. The van der Waals surface area contributed by atoms with Crippen molar-refractivity contribution in [3.8, 4) is 11.4 Å². The van der Waals surface area contributed by atoms with E-state index in [0.717, 1.165) is 12.0 Å². The summed E-state index contributed by atoms with van der Waals surface area (Å²) in [5.74, 6) is 1.49. The van der Waals surface area contributed by atoms with E-state index >= 15 is 0 Å². The molecule has 0 radical (unpaired) electrons. The number of nitrogens with one attached hydrogen (secondary N) is 1. The minimum atomic E-state index is -0.280. The van der Waals surface area contributed by atoms with Crippen LogP contribution < -0.4 is 5.32 Å². The molecule has 1 heterocycles. The van der Waals surface area contributed by atoms with Crippen molar-refractivity contribution in [2.75, 3.05) is 7.05 Å². The van der Waals surface area contributed by atoms with Crippen molar-refractivity contribution in [1.82, 2.24) is 15.5 Å². The van der Waals surface area contributed by atoms with Crippen LogP contribution in [0.1, 0.15) is 24.3 Å². The van der Waals surface area contributed by atoms with Gasteiger partial charge in [-0.25, -0.2) is 4.39 Å². The molecule has 20 heavy (non-hydrogen) atoms. The van der Waals surface area contributed by atoms with Gasteiger partial charge in [0.25, 0.3) is 0 Å². The van der Waals surface area contributed by atoms with E-state index in [0.29, 0.717) is 29.2 Å². The average Bonchev–Trinajstić information content (AvgIpc) is 3.14. The molecule has 1 aliphatic rings. The van der Waals surface area contributed by atoms with Crippen molar-refractivity contribution in [1.29, 1.82) is 0 Å². The summed E-state index contributed by atoms with van der Waals surface area (Å²) >= 11 is 0. The molecular weight excluding hydrogens is 257 g/mol. The van der Waals surface area contributed by atoms with Crippen molar-refractivity contribution >= 4 is 0 Å². The third-order valence-electron chi connectivity index (χ3n) is 3.72. The first kappa shape index (κ1) is 13.2. The van der Waals surface area contributed by atoms with Crippen molar-refractivity contribution < 1.29 is 8.91 Å². The van der Waals surface area contributed by atoms with Gasteiger partial charge in [0.05, 0.1) is 0 Å². The second-order valence-corrected chi connectivity index (χ2v) is 5.47. The zero-order chi connectivity index (χ0) is 14.1. The molecule has 1 atom stereocenters. The van der Waals surface area contributed by atoms with E-state index < -0.39 is 0 Å². The lowest BCUT2D eigenvalue weighted by Crippen LogP contribution is -2.29. The second-order valence-electron chi connectivity index (χ2n) is 5.47. The van der Waals surface area contributed by atoms with Crippen LogP contribution in [0.25, 0.3) is 11.4 Å². The van der Waals surface area contributed by atoms with E-state index in [1.54, 1.807) is 0 Å². The first-order valence-electron chi connectivity index (χ1n) is 6.93. The largest absolute Gasteiger partial charge is 0.339 e. The maximum absolute atomic E-state index is 13.4. The van der Waals surface area contributed by atoms with Crippen molar-refractivity contribution in [2.24, 2.45) is 5.92 Å². The molecule has 1 N–H and O–H groups in total. The molecule has 1 unspecified atom stereocenters. The summed E-state index contributed by atoms with van der Waals surface area (Å²) in [6, 6.07) is 5.15. The van der Waals surface area contributed by atoms with Gasteiger partial charge in [0.15, 0.2) is 0 Å². The normalized spacial score (nSPS) is 16.4. The summed E-state index contributed by atoms with van der Waals surface area (Å²) in [6.45, 7) is 1.84. The molecule has 1 aromatic heterocycles. The summed E-state index contributed by atoms with van der Waals surface area (Å²) in [5.41, 5.74) is 1.50. The number of hydrogen-bond donors (Lipinski definition) is 1. The molecule has 0 bridgehead atoms. The van der Waals surface area contributed by atoms with Crippen LogP contribution in [0.3, 0.4) is 0 Å². The van der Waals surface area contributed by atoms with Crippen LogP contribution in [-0.2, 0) is 6.42 Å². The van der Waals surface area contributed by atoms with E-state index in [9.17, 15) is 4.39 Å². The molecule has 0 amide bonds. The molecule has 0 aliphatic heterocycles. The lowest BCUT2D eigenvalue weighted by atomic mass is 10.1. The zero-order valence-electron chi connectivity index (χ0n) is 11.7. The monoisotopic (exact) mass is 275 g/mol. The predicted molar refractivity (Wildman–Crippen MR) is 73.7 cm³/mol. The number of aryl methyl sites for hydroxylation is 1. The van der Waals surface area contributed by atoms with Crippen molar-refractivity contribution in [2.45, 2.75) is 32.2 Å². The van der Waals surface area contributed by atoms with Gasteiger partial charge in [-0.2, -0.15) is 4.98 Å². The number of hydrogen-bond acceptors (Lipinski definition) is 4. The van der Waals surface area contributed by atoms with Gasteiger partial charge in [0.1, 0.15) is 5.82 Å². The van der Waals surface area contributed by atoms with Crippen LogP contribution in [0.5, 0.6) is 0 Å². The van der Waals surface area contributed by atoms with E-state index in [1.807, 2.05) is 20.0 Å². The minimum absolute atomic E-state index is 0.280. The Hall–Kier alpha value is -1.75. The van der Waals surface area contributed by atoms with Gasteiger partial charge in [-0.15, -0.1) is 0 Å². The molecule has 4 nitrogen and oxygen atoms in total. The Bertz CT molecular complexity index is 587. The quantitative estimate of drug-likeness (QED) is 0.911. The van der Waals surface area contributed by atoms with Crippen LogP contribution in [0, 0.1) is 18.7 Å². The zero-order valence-corrected chi connectivity index (χ0v) is 11.7. The Kier molecular flexibility index (Phi) is 3.53. The van der Waals surface area contributed by atoms with Gasteiger partial charge in [-0.3, -0.25) is 0 Å². The molecule has 1 aliphatic carbocycles. The molecule has 0 spiro atoms. The number of benzene rings is 1. The van der Waals surface area contributed by atoms with Gasteiger partial charge in [0, 0.05) is 18.0 Å². The van der Waals surface area contributed by atoms with Crippen LogP contribution >= 0.6 is 0 Å². The van der Waals surface area contributed by atoms with Gasteiger partial charge in [-0.05, 0) is 56.5 Å². The summed E-state index contributed by atoms with van der Waals surface area (Å²) in [4.78, 5) is 4.38. The fourth-order valence-corrected chi connectivity index (χ4v) is 2.51. The molecule has 0 saturated heterocycles. The van der Waals surface area contributed by atoms with Gasteiger partial charge >= 0.3 is 0 Å². The van der Waals surface area contributed by atoms with E-state index in [2.05, 4.69) is 15.5 Å². The van der Waals surface area contributed by atoms with Crippen LogP contribution in [0.4, 0.5) is 4.39 Å². The minimum Gasteiger partial charge on any atom is -0.339 e. The average molecular weight is 275 g/mol. The van der Waals surface area contributed by atoms with Gasteiger partial charge in [-0.1, -0.05) is 5.16 Å². The number of halogens is 1. The Morgan fingerprint density at radius 2 is 2.20 bits per heavy atom. The lowest BCUT2D eigenvalue weighted by molar-refractivity contribution is 0.352. The van der Waals surface area contributed by atoms with Crippen LogP contribution in [0.15, 0.2) is 22.7 Å². The number of aromatic nitrogens is 2. The molecule has 1 fully saturated rings. The Morgan fingerprint density at radius 3 is 2.85 bits per heavy atom. The van der Waals surface area contributed by atoms with Crippen LogP contribution in [0.2, 0.25) is 0 Å².